The normalized spacial score (nSPS) is 10.6. The number of carbonyl (C=O) groups excluding carboxylic acids is 5. The van der Waals surface area contributed by atoms with Crippen molar-refractivity contribution in [2.75, 3.05) is 20.2 Å². The number of hydrogen-bond acceptors (Lipinski definition) is 11. The van der Waals surface area contributed by atoms with E-state index in [0.29, 0.717) is 22.3 Å². The molecule has 2 atom stereocenters. The van der Waals surface area contributed by atoms with Gasteiger partial charge in [0.1, 0.15) is 17.7 Å². The van der Waals surface area contributed by atoms with Crippen LogP contribution in [0.15, 0.2) is 97.1 Å². The summed E-state index contributed by atoms with van der Waals surface area (Å²) in [5, 5.41) is 26.7. The molecular formula is C47H46IN7O10. The van der Waals surface area contributed by atoms with E-state index >= 15 is 0 Å². The first-order valence-electron chi connectivity index (χ1n) is 19.1. The van der Waals surface area contributed by atoms with Gasteiger partial charge in [-0.25, -0.2) is 15.8 Å². The van der Waals surface area contributed by atoms with Crippen molar-refractivity contribution in [3.05, 3.63) is 144 Å². The predicted octanol–water partition coefficient (Wildman–Crippen LogP) is 4.13. The van der Waals surface area contributed by atoms with E-state index in [9.17, 15) is 34.1 Å². The van der Waals surface area contributed by atoms with E-state index in [4.69, 9.17) is 22.1 Å². The summed E-state index contributed by atoms with van der Waals surface area (Å²) in [5.41, 5.74) is 11.8. The number of halogens is 1. The topological polar surface area (TPSA) is 253 Å². The number of carbonyl (C=O) groups is 5. The number of ether oxygens (including phenoxy) is 1. The van der Waals surface area contributed by atoms with Gasteiger partial charge in [0.05, 0.1) is 18.6 Å². The Labute approximate surface area is 390 Å². The maximum absolute atomic E-state index is 12.4. The first-order chi connectivity index (χ1) is 30.9. The van der Waals surface area contributed by atoms with Gasteiger partial charge in [-0.1, -0.05) is 41.5 Å². The summed E-state index contributed by atoms with van der Waals surface area (Å²) < 4.78 is 6.42. The van der Waals surface area contributed by atoms with Crippen molar-refractivity contribution in [1.29, 1.82) is 0 Å². The molecule has 18 heteroatoms. The minimum atomic E-state index is -1.08. The Bertz CT molecular complexity index is 2520. The van der Waals surface area contributed by atoms with Gasteiger partial charge in [-0.15, -0.1) is 6.42 Å². The molecule has 0 aromatic heterocycles. The molecule has 0 radical (unpaired) electrons. The molecule has 0 aliphatic rings. The molecule has 4 rings (SSSR count). The summed E-state index contributed by atoms with van der Waals surface area (Å²) in [4.78, 5) is 74.6. The quantitative estimate of drug-likeness (QED) is 0.0370. The molecule has 4 aromatic rings. The van der Waals surface area contributed by atoms with E-state index in [1.165, 1.54) is 46.0 Å². The number of terminal acetylenes is 1. The van der Waals surface area contributed by atoms with Gasteiger partial charge >= 0.3 is 6.09 Å². The van der Waals surface area contributed by atoms with E-state index in [0.717, 1.165) is 0 Å². The SMILES string of the molecule is C#CC#Cc1ccc(C(=O)N[C@@H](CNC(=O)OC(C)(C)C)C(=O)NOC)cc1.Cc1cccc(I)c1.NC[C@H](NC(=O)c1ccc(C#CC#Cc2cccc([N+](=O)[O-])c2)cc1)C(=O)NO. The number of nitro groups is 1. The molecule has 0 aliphatic carbocycles. The highest BCUT2D eigenvalue weighted by Crippen LogP contribution is 2.12. The average Bonchev–Trinajstić information content (AvgIpc) is 3.27. The van der Waals surface area contributed by atoms with Crippen molar-refractivity contribution in [3.63, 3.8) is 0 Å². The third-order valence-corrected chi connectivity index (χ3v) is 8.40. The molecule has 5 amide bonds. The smallest absolute Gasteiger partial charge is 0.407 e. The maximum Gasteiger partial charge on any atom is 0.407 e. The Hall–Kier alpha value is -7.72. The minimum absolute atomic E-state index is 0.0491. The lowest BCUT2D eigenvalue weighted by Crippen LogP contribution is -2.52. The molecule has 336 valence electrons. The van der Waals surface area contributed by atoms with E-state index in [2.05, 4.69) is 121 Å². The van der Waals surface area contributed by atoms with E-state index in [1.54, 1.807) is 69.3 Å². The molecule has 0 fully saturated rings. The van der Waals surface area contributed by atoms with E-state index in [1.807, 2.05) is 0 Å². The van der Waals surface area contributed by atoms with Gasteiger partial charge < -0.3 is 26.4 Å². The number of nitrogens with zero attached hydrogens (tertiary/aromatic N) is 1. The molecule has 0 heterocycles. The summed E-state index contributed by atoms with van der Waals surface area (Å²) in [6.07, 6.45) is 4.36. The molecule has 0 spiro atoms. The number of benzene rings is 4. The Kier molecular flexibility index (Phi) is 23.1. The highest BCUT2D eigenvalue weighted by atomic mass is 127. The molecular weight excluding hydrogens is 949 g/mol. The second-order valence-electron chi connectivity index (χ2n) is 14.0. The Balaban J connectivity index is 0.000000381. The summed E-state index contributed by atoms with van der Waals surface area (Å²) in [6.45, 7) is 6.86. The molecule has 65 heavy (non-hydrogen) atoms. The summed E-state index contributed by atoms with van der Waals surface area (Å²) >= 11 is 2.31. The molecule has 0 aliphatic heterocycles. The third-order valence-electron chi connectivity index (χ3n) is 7.73. The predicted molar refractivity (Wildman–Crippen MR) is 250 cm³/mol. The molecule has 8 N–H and O–H groups in total. The number of non-ortho nitro benzene ring substituents is 1. The first kappa shape index (κ1) is 53.4. The summed E-state index contributed by atoms with van der Waals surface area (Å²) in [7, 11) is 1.26. The van der Waals surface area contributed by atoms with Crippen molar-refractivity contribution in [2.45, 2.75) is 45.4 Å². The molecule has 17 nitrogen and oxygen atoms in total. The lowest BCUT2D eigenvalue weighted by atomic mass is 10.1. The van der Waals surface area contributed by atoms with Crippen LogP contribution in [0.2, 0.25) is 0 Å². The van der Waals surface area contributed by atoms with Crippen LogP contribution < -0.4 is 32.6 Å². The molecule has 0 unspecified atom stereocenters. The Morgan fingerprint density at radius 2 is 1.34 bits per heavy atom. The van der Waals surface area contributed by atoms with E-state index < -0.39 is 52.3 Å². The van der Waals surface area contributed by atoms with Gasteiger partial charge in [0.2, 0.25) is 0 Å². The zero-order valence-corrected chi connectivity index (χ0v) is 38.1. The van der Waals surface area contributed by atoms with E-state index in [-0.39, 0.29) is 24.3 Å². The first-order valence-corrected chi connectivity index (χ1v) is 20.2. The van der Waals surface area contributed by atoms with Crippen molar-refractivity contribution in [2.24, 2.45) is 5.73 Å². The number of amides is 5. The van der Waals surface area contributed by atoms with Gasteiger partial charge in [0, 0.05) is 50.1 Å². The maximum atomic E-state index is 12.4. The van der Waals surface area contributed by atoms with Crippen LogP contribution >= 0.6 is 22.6 Å². The van der Waals surface area contributed by atoms with Gasteiger partial charge in [-0.3, -0.25) is 39.3 Å². The zero-order valence-electron chi connectivity index (χ0n) is 35.9. The second kappa shape index (κ2) is 28.1. The number of aryl methyl sites for hydroxylation is 1. The van der Waals surface area contributed by atoms with Crippen LogP contribution in [0.3, 0.4) is 0 Å². The third kappa shape index (κ3) is 21.3. The van der Waals surface area contributed by atoms with Crippen LogP contribution in [0.5, 0.6) is 0 Å². The number of hydrogen-bond donors (Lipinski definition) is 7. The molecule has 0 saturated carbocycles. The number of rotatable bonds is 11. The molecule has 4 aromatic carbocycles. The van der Waals surface area contributed by atoms with Crippen molar-refractivity contribution < 1.29 is 43.7 Å². The van der Waals surface area contributed by atoms with Gasteiger partial charge in [0.25, 0.3) is 29.3 Å². The standard InChI is InChI=1S/C20H16N4O5.C20H23N3O5.C7H7I/c21-13-18(20(26)23-27)22-19(25)16-10-8-14(9-11-16)4-1-2-5-15-6-3-7-17(12-15)24(28)29;1-6-7-8-14-9-11-15(12-10-14)17(24)22-16(18(25)23-27-5)13-21-19(26)28-20(2,3)4;1-6-3-2-4-7(8)5-6/h3,6-12,18,27H,13,21H2,(H,22,25)(H,23,26);1,9-12,16H,13H2,2-5H3,(H,21,26)(H,22,24)(H,23,25);2-5H,1H3/t18-;16-;/m00./s1. The fourth-order valence-corrected chi connectivity index (χ4v) is 5.40. The molecule has 0 bridgehead atoms. The second-order valence-corrected chi connectivity index (χ2v) is 15.2. The lowest BCUT2D eigenvalue weighted by molar-refractivity contribution is -0.384. The number of nitrogens with two attached hydrogens (primary N) is 1. The largest absolute Gasteiger partial charge is 0.444 e. The average molecular weight is 996 g/mol. The van der Waals surface area contributed by atoms with Crippen LogP contribution in [0.25, 0.3) is 0 Å². The Morgan fingerprint density at radius 3 is 1.80 bits per heavy atom. The Morgan fingerprint density at radius 1 is 0.800 bits per heavy atom. The number of nitro benzene ring substituents is 1. The number of alkyl carbamates (subject to hydrolysis) is 1. The zero-order chi connectivity index (χ0) is 48.4. The van der Waals surface area contributed by atoms with Gasteiger partial charge in [-0.05, 0) is 141 Å². The molecule has 0 saturated heterocycles. The minimum Gasteiger partial charge on any atom is -0.444 e. The van der Waals surface area contributed by atoms with Crippen LogP contribution in [0.1, 0.15) is 63.7 Å². The highest BCUT2D eigenvalue weighted by molar-refractivity contribution is 14.1. The summed E-state index contributed by atoms with van der Waals surface area (Å²) in [5.74, 6) is 15.7. The van der Waals surface area contributed by atoms with Crippen LogP contribution in [0, 0.1) is 68.5 Å². The fraction of sp³-hybridized carbons (Fsp3) is 0.213. The van der Waals surface area contributed by atoms with Crippen molar-refractivity contribution in [1.82, 2.24) is 26.9 Å². The van der Waals surface area contributed by atoms with Crippen LogP contribution in [0.4, 0.5) is 10.5 Å². The van der Waals surface area contributed by atoms with Gasteiger partial charge in [0.15, 0.2) is 0 Å². The van der Waals surface area contributed by atoms with Gasteiger partial charge in [-0.2, -0.15) is 0 Å². The van der Waals surface area contributed by atoms with Crippen LogP contribution in [-0.4, -0.2) is 77.7 Å². The number of hydroxylamine groups is 2. The number of nitrogens with one attached hydrogen (secondary N) is 5. The monoisotopic (exact) mass is 995 g/mol. The van der Waals surface area contributed by atoms with Crippen LogP contribution in [-0.2, 0) is 19.2 Å². The lowest BCUT2D eigenvalue weighted by Gasteiger charge is -2.22. The highest BCUT2D eigenvalue weighted by Gasteiger charge is 2.24. The van der Waals surface area contributed by atoms with Crippen molar-refractivity contribution in [3.8, 4) is 47.9 Å². The fourth-order valence-electron chi connectivity index (χ4n) is 4.70. The van der Waals surface area contributed by atoms with Crippen molar-refractivity contribution >= 4 is 58.0 Å². The summed E-state index contributed by atoms with van der Waals surface area (Å²) in [6, 6.07) is 24.7.